The molecule has 1 aromatic carbocycles. The van der Waals surface area contributed by atoms with E-state index in [9.17, 15) is 0 Å². The van der Waals surface area contributed by atoms with E-state index in [-0.39, 0.29) is 0 Å². The van der Waals surface area contributed by atoms with Gasteiger partial charge in [-0.3, -0.25) is 0 Å². The van der Waals surface area contributed by atoms with Gasteiger partial charge in [0.25, 0.3) is 0 Å². The average Bonchev–Trinajstić information content (AvgIpc) is 1.94. The van der Waals surface area contributed by atoms with Crippen molar-refractivity contribution in [1.82, 2.24) is 0 Å². The fourth-order valence-electron chi connectivity index (χ4n) is 0.727. The summed E-state index contributed by atoms with van der Waals surface area (Å²) in [5.74, 6) is 0. The SMILES string of the molecule is N#CCc1ccccc1I. The van der Waals surface area contributed by atoms with Crippen LogP contribution in [-0.4, -0.2) is 0 Å². The smallest absolute Gasteiger partial charge is 0.0670 e. The third-order valence-corrected chi connectivity index (χ3v) is 2.28. The molecule has 0 fully saturated rings. The number of nitriles is 1. The Kier molecular flexibility index (Phi) is 2.69. The highest BCUT2D eigenvalue weighted by molar-refractivity contribution is 14.1. The molecule has 0 heterocycles. The van der Waals surface area contributed by atoms with E-state index >= 15 is 0 Å². The summed E-state index contributed by atoms with van der Waals surface area (Å²) < 4.78 is 1.17. The Morgan fingerprint density at radius 2 is 2.10 bits per heavy atom. The third-order valence-electron chi connectivity index (χ3n) is 1.23. The molecule has 0 spiro atoms. The summed E-state index contributed by atoms with van der Waals surface area (Å²) in [6.07, 6.45) is 0.513. The summed E-state index contributed by atoms with van der Waals surface area (Å²) in [6.45, 7) is 0. The standard InChI is InChI=1S/C8H6IN/c9-8-4-2-1-3-7(8)5-6-10/h1-4H,5H2. The zero-order valence-corrected chi connectivity index (χ0v) is 7.50. The molecule has 10 heavy (non-hydrogen) atoms. The lowest BCUT2D eigenvalue weighted by molar-refractivity contribution is 1.24. The fourth-order valence-corrected chi connectivity index (χ4v) is 1.31. The first-order valence-corrected chi connectivity index (χ1v) is 4.03. The maximum atomic E-state index is 8.39. The molecular weight excluding hydrogens is 237 g/mol. The van der Waals surface area contributed by atoms with E-state index in [1.54, 1.807) is 0 Å². The monoisotopic (exact) mass is 243 g/mol. The van der Waals surface area contributed by atoms with Crippen LogP contribution in [-0.2, 0) is 6.42 Å². The molecule has 0 radical (unpaired) electrons. The molecule has 0 amide bonds. The maximum Gasteiger partial charge on any atom is 0.0670 e. The molecule has 2 heteroatoms. The van der Waals surface area contributed by atoms with Crippen molar-refractivity contribution in [2.45, 2.75) is 6.42 Å². The summed E-state index contributed by atoms with van der Waals surface area (Å²) in [5.41, 5.74) is 1.12. The number of halogens is 1. The first kappa shape index (κ1) is 7.55. The van der Waals surface area contributed by atoms with Crippen molar-refractivity contribution in [3.8, 4) is 6.07 Å². The fraction of sp³-hybridized carbons (Fsp3) is 0.125. The van der Waals surface area contributed by atoms with Gasteiger partial charge >= 0.3 is 0 Å². The molecule has 1 rings (SSSR count). The van der Waals surface area contributed by atoms with E-state index < -0.39 is 0 Å². The van der Waals surface area contributed by atoms with Crippen LogP contribution in [0.15, 0.2) is 24.3 Å². The summed E-state index contributed by atoms with van der Waals surface area (Å²) in [4.78, 5) is 0. The lowest BCUT2D eigenvalue weighted by atomic mass is 10.2. The molecule has 50 valence electrons. The summed E-state index contributed by atoms with van der Waals surface area (Å²) in [7, 11) is 0. The van der Waals surface area contributed by atoms with Gasteiger partial charge in [-0.1, -0.05) is 18.2 Å². The van der Waals surface area contributed by atoms with Crippen molar-refractivity contribution < 1.29 is 0 Å². The van der Waals surface area contributed by atoms with Crippen LogP contribution in [0.3, 0.4) is 0 Å². The molecule has 0 unspecified atom stereocenters. The molecule has 0 aliphatic rings. The number of rotatable bonds is 1. The molecule has 0 aliphatic carbocycles. The van der Waals surface area contributed by atoms with Gasteiger partial charge in [-0.25, -0.2) is 0 Å². The molecule has 0 atom stereocenters. The number of hydrogen-bond acceptors (Lipinski definition) is 1. The molecule has 0 saturated carbocycles. The van der Waals surface area contributed by atoms with Gasteiger partial charge in [0.05, 0.1) is 12.5 Å². The van der Waals surface area contributed by atoms with Gasteiger partial charge < -0.3 is 0 Å². The molecule has 0 aromatic heterocycles. The highest BCUT2D eigenvalue weighted by Crippen LogP contribution is 2.10. The van der Waals surface area contributed by atoms with Gasteiger partial charge in [-0.2, -0.15) is 5.26 Å². The van der Waals surface area contributed by atoms with Crippen LogP contribution >= 0.6 is 22.6 Å². The van der Waals surface area contributed by atoms with E-state index in [1.807, 2.05) is 24.3 Å². The second-order valence-electron chi connectivity index (χ2n) is 1.93. The molecule has 0 bridgehead atoms. The molecular formula is C8H6IN. The molecule has 0 aliphatic heterocycles. The molecule has 1 aromatic rings. The average molecular weight is 243 g/mol. The van der Waals surface area contributed by atoms with Gasteiger partial charge in [0.1, 0.15) is 0 Å². The Bertz CT molecular complexity index is 262. The quantitative estimate of drug-likeness (QED) is 0.694. The van der Waals surface area contributed by atoms with Gasteiger partial charge in [0.15, 0.2) is 0 Å². The lowest BCUT2D eigenvalue weighted by Crippen LogP contribution is -1.84. The predicted molar refractivity (Wildman–Crippen MR) is 48.5 cm³/mol. The number of hydrogen-bond donors (Lipinski definition) is 0. The van der Waals surface area contributed by atoms with Gasteiger partial charge in [-0.05, 0) is 34.2 Å². The van der Waals surface area contributed by atoms with E-state index in [0.717, 1.165) is 5.56 Å². The van der Waals surface area contributed by atoms with Crippen LogP contribution in [0.4, 0.5) is 0 Å². The van der Waals surface area contributed by atoms with Crippen LogP contribution in [0.1, 0.15) is 5.56 Å². The predicted octanol–water partition coefficient (Wildman–Crippen LogP) is 2.36. The first-order valence-electron chi connectivity index (χ1n) is 2.95. The van der Waals surface area contributed by atoms with Crippen LogP contribution in [0, 0.1) is 14.9 Å². The minimum atomic E-state index is 0.513. The minimum absolute atomic E-state index is 0.513. The Hall–Kier alpha value is -0.560. The van der Waals surface area contributed by atoms with E-state index in [1.165, 1.54) is 3.57 Å². The van der Waals surface area contributed by atoms with Gasteiger partial charge in [-0.15, -0.1) is 0 Å². The van der Waals surface area contributed by atoms with E-state index in [0.29, 0.717) is 6.42 Å². The lowest BCUT2D eigenvalue weighted by Gasteiger charge is -1.95. The molecule has 1 nitrogen and oxygen atoms in total. The van der Waals surface area contributed by atoms with Crippen molar-refractivity contribution >= 4 is 22.6 Å². The Balaban J connectivity index is 2.94. The second kappa shape index (κ2) is 3.57. The summed E-state index contributed by atoms with van der Waals surface area (Å²) >= 11 is 2.23. The number of nitrogens with zero attached hydrogens (tertiary/aromatic N) is 1. The van der Waals surface area contributed by atoms with Crippen LogP contribution < -0.4 is 0 Å². The Labute approximate surface area is 73.8 Å². The van der Waals surface area contributed by atoms with Crippen molar-refractivity contribution in [3.05, 3.63) is 33.4 Å². The first-order chi connectivity index (χ1) is 4.84. The van der Waals surface area contributed by atoms with Crippen LogP contribution in [0.2, 0.25) is 0 Å². The molecule has 0 saturated heterocycles. The van der Waals surface area contributed by atoms with Crippen molar-refractivity contribution in [2.75, 3.05) is 0 Å². The second-order valence-corrected chi connectivity index (χ2v) is 3.09. The minimum Gasteiger partial charge on any atom is -0.198 e. The van der Waals surface area contributed by atoms with E-state index in [2.05, 4.69) is 28.7 Å². The highest BCUT2D eigenvalue weighted by Gasteiger charge is 1.94. The highest BCUT2D eigenvalue weighted by atomic mass is 127. The Morgan fingerprint density at radius 1 is 1.40 bits per heavy atom. The van der Waals surface area contributed by atoms with Crippen LogP contribution in [0.25, 0.3) is 0 Å². The van der Waals surface area contributed by atoms with Crippen molar-refractivity contribution in [2.24, 2.45) is 0 Å². The third kappa shape index (κ3) is 1.71. The van der Waals surface area contributed by atoms with Crippen molar-refractivity contribution in [1.29, 1.82) is 5.26 Å². The van der Waals surface area contributed by atoms with Crippen molar-refractivity contribution in [3.63, 3.8) is 0 Å². The Morgan fingerprint density at radius 3 is 2.70 bits per heavy atom. The summed E-state index contributed by atoms with van der Waals surface area (Å²) in [6, 6.07) is 10.0. The maximum absolute atomic E-state index is 8.39. The largest absolute Gasteiger partial charge is 0.198 e. The van der Waals surface area contributed by atoms with Gasteiger partial charge in [0, 0.05) is 3.57 Å². The zero-order chi connectivity index (χ0) is 7.40. The number of benzene rings is 1. The normalized spacial score (nSPS) is 8.80. The van der Waals surface area contributed by atoms with E-state index in [4.69, 9.17) is 5.26 Å². The van der Waals surface area contributed by atoms with Gasteiger partial charge in [0.2, 0.25) is 0 Å². The summed E-state index contributed by atoms with van der Waals surface area (Å²) in [5, 5.41) is 8.39. The van der Waals surface area contributed by atoms with Crippen LogP contribution in [0.5, 0.6) is 0 Å². The zero-order valence-electron chi connectivity index (χ0n) is 5.34. The topological polar surface area (TPSA) is 23.8 Å². The molecule has 0 N–H and O–H groups in total.